The van der Waals surface area contributed by atoms with E-state index in [-0.39, 0.29) is 0 Å². The molecule has 0 fully saturated rings. The summed E-state index contributed by atoms with van der Waals surface area (Å²) in [5, 5.41) is 9.49. The van der Waals surface area contributed by atoms with Crippen molar-refractivity contribution in [3.63, 3.8) is 0 Å². The van der Waals surface area contributed by atoms with E-state index in [1.807, 2.05) is 18.2 Å². The number of ether oxygens (including phenoxy) is 2. The number of hydrogen-bond donors (Lipinski definition) is 1. The van der Waals surface area contributed by atoms with Crippen molar-refractivity contribution in [3.05, 3.63) is 23.8 Å². The van der Waals surface area contributed by atoms with Gasteiger partial charge in [-0.05, 0) is 37.0 Å². The minimum absolute atomic E-state index is 0.492. The SMILES string of the molecule is COc1cc([C@H](C)O)ccc1OCCC(C)C. The van der Waals surface area contributed by atoms with Gasteiger partial charge in [0.25, 0.3) is 0 Å². The van der Waals surface area contributed by atoms with E-state index < -0.39 is 6.10 Å². The summed E-state index contributed by atoms with van der Waals surface area (Å²) in [6.07, 6.45) is 0.523. The second-order valence-corrected chi connectivity index (χ2v) is 4.62. The van der Waals surface area contributed by atoms with Crippen LogP contribution in [0.25, 0.3) is 0 Å². The molecule has 0 unspecified atom stereocenters. The van der Waals surface area contributed by atoms with E-state index in [1.54, 1.807) is 14.0 Å². The van der Waals surface area contributed by atoms with Crippen molar-refractivity contribution in [2.24, 2.45) is 5.92 Å². The Hall–Kier alpha value is -1.22. The fraction of sp³-hybridized carbons (Fsp3) is 0.571. The van der Waals surface area contributed by atoms with Crippen LogP contribution in [0.3, 0.4) is 0 Å². The van der Waals surface area contributed by atoms with E-state index >= 15 is 0 Å². The summed E-state index contributed by atoms with van der Waals surface area (Å²) in [6, 6.07) is 5.52. The lowest BCUT2D eigenvalue weighted by Gasteiger charge is -2.14. The first-order chi connectivity index (χ1) is 8.04. The molecule has 1 rings (SSSR count). The smallest absolute Gasteiger partial charge is 0.161 e. The largest absolute Gasteiger partial charge is 0.493 e. The van der Waals surface area contributed by atoms with Crippen LogP contribution < -0.4 is 9.47 Å². The summed E-state index contributed by atoms with van der Waals surface area (Å²) in [5.41, 5.74) is 0.832. The molecule has 0 heterocycles. The third kappa shape index (κ3) is 4.27. The Bertz CT molecular complexity index is 345. The van der Waals surface area contributed by atoms with Gasteiger partial charge in [0.1, 0.15) is 0 Å². The van der Waals surface area contributed by atoms with Gasteiger partial charge in [0.05, 0.1) is 19.8 Å². The van der Waals surface area contributed by atoms with Crippen molar-refractivity contribution >= 4 is 0 Å². The standard InChI is InChI=1S/C14H22O3/c1-10(2)7-8-17-13-6-5-12(11(3)15)9-14(13)16-4/h5-6,9-11,15H,7-8H2,1-4H3/t11-/m0/s1. The minimum Gasteiger partial charge on any atom is -0.493 e. The minimum atomic E-state index is -0.492. The van der Waals surface area contributed by atoms with Gasteiger partial charge in [0.15, 0.2) is 11.5 Å². The molecule has 1 N–H and O–H groups in total. The van der Waals surface area contributed by atoms with Gasteiger partial charge in [0, 0.05) is 0 Å². The molecule has 0 spiro atoms. The molecule has 0 aliphatic carbocycles. The lowest BCUT2D eigenvalue weighted by Crippen LogP contribution is -2.03. The highest BCUT2D eigenvalue weighted by Crippen LogP contribution is 2.30. The quantitative estimate of drug-likeness (QED) is 0.827. The normalized spacial score (nSPS) is 12.6. The maximum atomic E-state index is 9.49. The summed E-state index contributed by atoms with van der Waals surface area (Å²) < 4.78 is 10.9. The average Bonchev–Trinajstić information content (AvgIpc) is 2.28. The molecule has 96 valence electrons. The van der Waals surface area contributed by atoms with Crippen molar-refractivity contribution in [1.82, 2.24) is 0 Å². The van der Waals surface area contributed by atoms with Gasteiger partial charge in [-0.2, -0.15) is 0 Å². The van der Waals surface area contributed by atoms with Crippen molar-refractivity contribution in [1.29, 1.82) is 0 Å². The molecule has 0 aliphatic rings. The number of aliphatic hydroxyl groups excluding tert-OH is 1. The highest BCUT2D eigenvalue weighted by molar-refractivity contribution is 5.43. The van der Waals surface area contributed by atoms with Crippen LogP contribution in [-0.4, -0.2) is 18.8 Å². The van der Waals surface area contributed by atoms with E-state index in [0.717, 1.165) is 17.7 Å². The molecule has 0 radical (unpaired) electrons. The zero-order valence-corrected chi connectivity index (χ0v) is 11.1. The molecule has 0 saturated carbocycles. The number of benzene rings is 1. The average molecular weight is 238 g/mol. The van der Waals surface area contributed by atoms with Crippen molar-refractivity contribution in [2.75, 3.05) is 13.7 Å². The predicted molar refractivity (Wildman–Crippen MR) is 68.6 cm³/mol. The maximum absolute atomic E-state index is 9.49. The van der Waals surface area contributed by atoms with Gasteiger partial charge in [-0.1, -0.05) is 19.9 Å². The molecule has 0 aromatic heterocycles. The molecule has 0 aliphatic heterocycles. The maximum Gasteiger partial charge on any atom is 0.161 e. The molecular formula is C14H22O3. The topological polar surface area (TPSA) is 38.7 Å². The van der Waals surface area contributed by atoms with Crippen LogP contribution >= 0.6 is 0 Å². The summed E-state index contributed by atoms with van der Waals surface area (Å²) >= 11 is 0. The summed E-state index contributed by atoms with van der Waals surface area (Å²) in [5.74, 6) is 2.03. The van der Waals surface area contributed by atoms with Crippen molar-refractivity contribution in [2.45, 2.75) is 33.3 Å². The van der Waals surface area contributed by atoms with E-state index in [1.165, 1.54) is 0 Å². The number of methoxy groups -OCH3 is 1. The molecule has 1 atom stereocenters. The molecular weight excluding hydrogens is 216 g/mol. The zero-order valence-electron chi connectivity index (χ0n) is 11.1. The van der Waals surface area contributed by atoms with E-state index in [0.29, 0.717) is 18.3 Å². The number of aliphatic hydroxyl groups is 1. The molecule has 0 saturated heterocycles. The van der Waals surface area contributed by atoms with Crippen molar-refractivity contribution in [3.8, 4) is 11.5 Å². The van der Waals surface area contributed by atoms with Gasteiger partial charge < -0.3 is 14.6 Å². The van der Waals surface area contributed by atoms with E-state index in [2.05, 4.69) is 13.8 Å². The summed E-state index contributed by atoms with van der Waals surface area (Å²) in [7, 11) is 1.61. The van der Waals surface area contributed by atoms with Crippen LogP contribution in [0.1, 0.15) is 38.9 Å². The van der Waals surface area contributed by atoms with Gasteiger partial charge in [-0.25, -0.2) is 0 Å². The van der Waals surface area contributed by atoms with Gasteiger partial charge in [-0.15, -0.1) is 0 Å². The molecule has 0 bridgehead atoms. The Morgan fingerprint density at radius 2 is 1.88 bits per heavy atom. The molecule has 1 aromatic carbocycles. The number of hydrogen-bond acceptors (Lipinski definition) is 3. The zero-order chi connectivity index (χ0) is 12.8. The van der Waals surface area contributed by atoms with E-state index in [4.69, 9.17) is 9.47 Å². The Balaban J connectivity index is 2.71. The lowest BCUT2D eigenvalue weighted by molar-refractivity contribution is 0.198. The molecule has 17 heavy (non-hydrogen) atoms. The van der Waals surface area contributed by atoms with Gasteiger partial charge in [-0.3, -0.25) is 0 Å². The third-order valence-corrected chi connectivity index (χ3v) is 2.62. The van der Waals surface area contributed by atoms with E-state index in [9.17, 15) is 5.11 Å². The first-order valence-corrected chi connectivity index (χ1v) is 6.03. The highest BCUT2D eigenvalue weighted by atomic mass is 16.5. The van der Waals surface area contributed by atoms with Crippen LogP contribution in [0.5, 0.6) is 11.5 Å². The Morgan fingerprint density at radius 1 is 1.18 bits per heavy atom. The fourth-order valence-electron chi connectivity index (χ4n) is 1.47. The second kappa shape index (κ2) is 6.50. The molecule has 3 heteroatoms. The van der Waals surface area contributed by atoms with Crippen LogP contribution in [0.2, 0.25) is 0 Å². The Morgan fingerprint density at radius 3 is 2.41 bits per heavy atom. The molecule has 0 amide bonds. The Kier molecular flexibility index (Phi) is 5.29. The number of rotatable bonds is 6. The first-order valence-electron chi connectivity index (χ1n) is 6.03. The fourth-order valence-corrected chi connectivity index (χ4v) is 1.47. The van der Waals surface area contributed by atoms with Gasteiger partial charge in [0.2, 0.25) is 0 Å². The van der Waals surface area contributed by atoms with Gasteiger partial charge >= 0.3 is 0 Å². The summed E-state index contributed by atoms with van der Waals surface area (Å²) in [4.78, 5) is 0. The van der Waals surface area contributed by atoms with Crippen LogP contribution in [0.15, 0.2) is 18.2 Å². The molecule has 1 aromatic rings. The van der Waals surface area contributed by atoms with Crippen LogP contribution in [0, 0.1) is 5.92 Å². The lowest BCUT2D eigenvalue weighted by atomic mass is 10.1. The van der Waals surface area contributed by atoms with Crippen LogP contribution in [-0.2, 0) is 0 Å². The first kappa shape index (κ1) is 13.8. The molecule has 3 nitrogen and oxygen atoms in total. The van der Waals surface area contributed by atoms with Crippen molar-refractivity contribution < 1.29 is 14.6 Å². The summed E-state index contributed by atoms with van der Waals surface area (Å²) in [6.45, 7) is 6.74. The Labute approximate surface area is 103 Å². The van der Waals surface area contributed by atoms with Crippen LogP contribution in [0.4, 0.5) is 0 Å². The predicted octanol–water partition coefficient (Wildman–Crippen LogP) is 3.17. The second-order valence-electron chi connectivity index (χ2n) is 4.62. The third-order valence-electron chi connectivity index (χ3n) is 2.62. The monoisotopic (exact) mass is 238 g/mol. The highest BCUT2D eigenvalue weighted by Gasteiger charge is 2.08.